The fourth-order valence-electron chi connectivity index (χ4n) is 2.03. The van der Waals surface area contributed by atoms with Gasteiger partial charge in [-0.2, -0.15) is 5.10 Å². The van der Waals surface area contributed by atoms with E-state index in [4.69, 9.17) is 0 Å². The van der Waals surface area contributed by atoms with Crippen molar-refractivity contribution in [2.45, 2.75) is 6.54 Å². The van der Waals surface area contributed by atoms with Gasteiger partial charge in [-0.05, 0) is 35.9 Å². The number of fused-ring (bicyclic) bond motifs is 1. The zero-order chi connectivity index (χ0) is 14.8. The van der Waals surface area contributed by atoms with E-state index in [-0.39, 0.29) is 18.3 Å². The summed E-state index contributed by atoms with van der Waals surface area (Å²) < 4.78 is 13.9. The molecule has 3 aromatic rings. The smallest absolute Gasteiger partial charge is 0.251 e. The summed E-state index contributed by atoms with van der Waals surface area (Å²) in [5, 5.41) is 10.4. The van der Waals surface area contributed by atoms with Crippen molar-refractivity contribution in [1.29, 1.82) is 0 Å². The zero-order valence-corrected chi connectivity index (χ0v) is 12.4. The summed E-state index contributed by atoms with van der Waals surface area (Å²) in [5.74, 6) is -0.552. The zero-order valence-electron chi connectivity index (χ0n) is 10.9. The Balaban J connectivity index is 1.75. The van der Waals surface area contributed by atoms with Crippen molar-refractivity contribution in [3.05, 3.63) is 64.0 Å². The number of nitrogens with one attached hydrogen (secondary N) is 2. The molecule has 2 N–H and O–H groups in total. The summed E-state index contributed by atoms with van der Waals surface area (Å²) >= 11 is 3.33. The van der Waals surface area contributed by atoms with Crippen LogP contribution in [0.25, 0.3) is 10.9 Å². The van der Waals surface area contributed by atoms with E-state index in [0.29, 0.717) is 11.1 Å². The lowest BCUT2D eigenvalue weighted by Crippen LogP contribution is -2.23. The van der Waals surface area contributed by atoms with Gasteiger partial charge in [0.25, 0.3) is 5.91 Å². The summed E-state index contributed by atoms with van der Waals surface area (Å²) in [5.41, 5.74) is 2.01. The van der Waals surface area contributed by atoms with Crippen molar-refractivity contribution in [1.82, 2.24) is 15.5 Å². The van der Waals surface area contributed by atoms with Crippen molar-refractivity contribution >= 4 is 32.7 Å². The average Bonchev–Trinajstić information content (AvgIpc) is 2.95. The number of carbonyl (C=O) groups is 1. The van der Waals surface area contributed by atoms with Gasteiger partial charge < -0.3 is 5.32 Å². The van der Waals surface area contributed by atoms with Crippen LogP contribution in [0.15, 0.2) is 47.1 Å². The number of hydrogen-bond donors (Lipinski definition) is 2. The molecule has 0 saturated carbocycles. The van der Waals surface area contributed by atoms with Gasteiger partial charge in [0.1, 0.15) is 5.82 Å². The van der Waals surface area contributed by atoms with Gasteiger partial charge in [0.15, 0.2) is 0 Å². The number of halogens is 2. The van der Waals surface area contributed by atoms with E-state index in [1.807, 2.05) is 6.07 Å². The molecule has 0 radical (unpaired) electrons. The molecule has 1 aromatic heterocycles. The maximum Gasteiger partial charge on any atom is 0.251 e. The number of aromatic nitrogens is 2. The largest absolute Gasteiger partial charge is 0.348 e. The lowest BCUT2D eigenvalue weighted by Gasteiger charge is -2.07. The van der Waals surface area contributed by atoms with Crippen LogP contribution in [0.4, 0.5) is 4.39 Å². The van der Waals surface area contributed by atoms with Crippen LogP contribution in [0.2, 0.25) is 0 Å². The first-order valence-electron chi connectivity index (χ1n) is 6.29. The Morgan fingerprint density at radius 3 is 3.00 bits per heavy atom. The molecule has 106 valence electrons. The third kappa shape index (κ3) is 2.95. The first kappa shape index (κ1) is 13.8. The van der Waals surface area contributed by atoms with Crippen LogP contribution in [0.3, 0.4) is 0 Å². The van der Waals surface area contributed by atoms with Crippen molar-refractivity contribution in [3.8, 4) is 0 Å². The Morgan fingerprint density at radius 1 is 1.29 bits per heavy atom. The molecular weight excluding hydrogens is 337 g/mol. The van der Waals surface area contributed by atoms with Crippen LogP contribution in [0.5, 0.6) is 0 Å². The van der Waals surface area contributed by atoms with Gasteiger partial charge in [-0.15, -0.1) is 0 Å². The molecule has 1 amide bonds. The third-order valence-electron chi connectivity index (χ3n) is 3.15. The fraction of sp³-hybridized carbons (Fsp3) is 0.0667. The predicted molar refractivity (Wildman–Crippen MR) is 81.4 cm³/mol. The van der Waals surface area contributed by atoms with Crippen LogP contribution in [0.1, 0.15) is 15.9 Å². The topological polar surface area (TPSA) is 57.8 Å². The second-order valence-electron chi connectivity index (χ2n) is 4.59. The molecule has 0 atom stereocenters. The van der Waals surface area contributed by atoms with Gasteiger partial charge in [0, 0.05) is 22.0 Å². The van der Waals surface area contributed by atoms with Crippen molar-refractivity contribution in [2.24, 2.45) is 0 Å². The molecule has 0 aliphatic rings. The number of benzene rings is 2. The van der Waals surface area contributed by atoms with Gasteiger partial charge in [-0.1, -0.05) is 22.0 Å². The highest BCUT2D eigenvalue weighted by Gasteiger charge is 2.08. The summed E-state index contributed by atoms with van der Waals surface area (Å²) in [7, 11) is 0. The molecule has 0 bridgehead atoms. The minimum Gasteiger partial charge on any atom is -0.348 e. The number of carbonyl (C=O) groups excluding carboxylic acids is 1. The molecule has 1 heterocycles. The lowest BCUT2D eigenvalue weighted by molar-refractivity contribution is 0.0951. The van der Waals surface area contributed by atoms with E-state index < -0.39 is 0 Å². The van der Waals surface area contributed by atoms with Crippen LogP contribution in [-0.4, -0.2) is 16.1 Å². The van der Waals surface area contributed by atoms with Gasteiger partial charge in [-0.3, -0.25) is 9.89 Å². The minimum atomic E-state index is -0.332. The van der Waals surface area contributed by atoms with E-state index in [0.717, 1.165) is 15.4 Å². The van der Waals surface area contributed by atoms with Gasteiger partial charge >= 0.3 is 0 Å². The van der Waals surface area contributed by atoms with Gasteiger partial charge in [0.05, 0.1) is 11.7 Å². The maximum atomic E-state index is 13.2. The maximum absolute atomic E-state index is 13.2. The van der Waals surface area contributed by atoms with Crippen LogP contribution in [0, 0.1) is 5.82 Å². The third-order valence-corrected chi connectivity index (χ3v) is 3.92. The molecule has 3 rings (SSSR count). The molecule has 0 aliphatic carbocycles. The van der Waals surface area contributed by atoms with Crippen LogP contribution < -0.4 is 5.32 Å². The van der Waals surface area contributed by atoms with E-state index >= 15 is 0 Å². The number of amides is 1. The first-order chi connectivity index (χ1) is 10.1. The first-order valence-corrected chi connectivity index (χ1v) is 7.08. The Morgan fingerprint density at radius 2 is 2.14 bits per heavy atom. The van der Waals surface area contributed by atoms with Gasteiger partial charge in [0.2, 0.25) is 0 Å². The second-order valence-corrected chi connectivity index (χ2v) is 5.44. The molecule has 0 aliphatic heterocycles. The second kappa shape index (κ2) is 5.65. The predicted octanol–water partition coefficient (Wildman–Crippen LogP) is 3.39. The normalized spacial score (nSPS) is 10.8. The summed E-state index contributed by atoms with van der Waals surface area (Å²) in [6.07, 6.45) is 1.70. The molecular formula is C15H11BrFN3O. The number of hydrogen-bond acceptors (Lipinski definition) is 2. The minimum absolute atomic E-state index is 0.220. The molecule has 0 unspecified atom stereocenters. The van der Waals surface area contributed by atoms with E-state index in [1.54, 1.807) is 24.4 Å². The molecule has 0 saturated heterocycles. The molecule has 4 nitrogen and oxygen atoms in total. The summed E-state index contributed by atoms with van der Waals surface area (Å²) in [6.45, 7) is 0.248. The number of rotatable bonds is 3. The van der Waals surface area contributed by atoms with E-state index in [1.165, 1.54) is 12.1 Å². The highest BCUT2D eigenvalue weighted by atomic mass is 79.9. The quantitative estimate of drug-likeness (QED) is 0.762. The molecule has 21 heavy (non-hydrogen) atoms. The number of nitrogens with zero attached hydrogens (tertiary/aromatic N) is 1. The fourth-order valence-corrected chi connectivity index (χ4v) is 2.42. The monoisotopic (exact) mass is 347 g/mol. The average molecular weight is 348 g/mol. The van der Waals surface area contributed by atoms with Crippen LogP contribution in [-0.2, 0) is 6.54 Å². The Kier molecular flexibility index (Phi) is 3.70. The highest BCUT2D eigenvalue weighted by molar-refractivity contribution is 9.10. The Hall–Kier alpha value is -2.21. The van der Waals surface area contributed by atoms with E-state index in [9.17, 15) is 9.18 Å². The van der Waals surface area contributed by atoms with Crippen molar-refractivity contribution in [3.63, 3.8) is 0 Å². The highest BCUT2D eigenvalue weighted by Crippen LogP contribution is 2.18. The summed E-state index contributed by atoms with van der Waals surface area (Å²) in [6, 6.07) is 9.66. The number of H-pyrrole nitrogens is 1. The van der Waals surface area contributed by atoms with Crippen LogP contribution >= 0.6 is 15.9 Å². The molecule has 0 spiro atoms. The van der Waals surface area contributed by atoms with Gasteiger partial charge in [-0.25, -0.2) is 4.39 Å². The number of aromatic amines is 1. The standard InChI is InChI=1S/C15H11BrFN3O/c16-13-4-3-12(17)5-11(13)7-18-15(21)9-1-2-10-8-19-20-14(10)6-9/h1-6,8H,7H2,(H,18,21)(H,19,20). The van der Waals surface area contributed by atoms with Crippen molar-refractivity contribution < 1.29 is 9.18 Å². The Labute approximate surface area is 128 Å². The van der Waals surface area contributed by atoms with E-state index in [2.05, 4.69) is 31.4 Å². The lowest BCUT2D eigenvalue weighted by atomic mass is 10.1. The molecule has 0 fully saturated rings. The summed E-state index contributed by atoms with van der Waals surface area (Å²) in [4.78, 5) is 12.1. The SMILES string of the molecule is O=C(NCc1cc(F)ccc1Br)c1ccc2cn[nH]c2c1. The molecule has 2 aromatic carbocycles. The van der Waals surface area contributed by atoms with Crippen molar-refractivity contribution in [2.75, 3.05) is 0 Å². The Bertz CT molecular complexity index is 816. The molecule has 6 heteroatoms.